The van der Waals surface area contributed by atoms with Crippen LogP contribution in [0.3, 0.4) is 0 Å². The van der Waals surface area contributed by atoms with E-state index < -0.39 is 0 Å². The lowest BCUT2D eigenvalue weighted by atomic mass is 9.88. The average Bonchev–Trinajstić information content (AvgIpc) is 2.49. The van der Waals surface area contributed by atoms with Crippen LogP contribution in [0.25, 0.3) is 0 Å². The van der Waals surface area contributed by atoms with E-state index in [1.54, 1.807) is 19.1 Å². The first kappa shape index (κ1) is 13.6. The van der Waals surface area contributed by atoms with E-state index in [9.17, 15) is 10.1 Å². The Labute approximate surface area is 124 Å². The van der Waals surface area contributed by atoms with Crippen LogP contribution in [0.15, 0.2) is 42.5 Å². The third-order valence-corrected chi connectivity index (χ3v) is 4.12. The molecule has 1 aliphatic carbocycles. The van der Waals surface area contributed by atoms with E-state index in [4.69, 9.17) is 0 Å². The number of anilines is 1. The van der Waals surface area contributed by atoms with E-state index in [2.05, 4.69) is 29.6 Å². The topological polar surface area (TPSA) is 55.2 Å². The third kappa shape index (κ3) is 2.89. The van der Waals surface area contributed by atoms with Gasteiger partial charge in [-0.15, -0.1) is 0 Å². The van der Waals surface area contributed by atoms with Crippen molar-refractivity contribution in [2.45, 2.75) is 32.2 Å². The van der Waals surface area contributed by atoms with Crippen molar-refractivity contribution in [3.8, 4) is 0 Å². The Hall–Kier alpha value is -2.36. The van der Waals surface area contributed by atoms with Crippen LogP contribution in [0.2, 0.25) is 0 Å². The van der Waals surface area contributed by atoms with Crippen molar-refractivity contribution in [1.82, 2.24) is 0 Å². The SMILES string of the molecule is Cc1ccc(NC2CCc3ccccc3C2)cc1[N+](=O)[O-]. The number of rotatable bonds is 3. The minimum Gasteiger partial charge on any atom is -0.382 e. The number of benzene rings is 2. The third-order valence-electron chi connectivity index (χ3n) is 4.12. The molecule has 0 saturated heterocycles. The second kappa shape index (κ2) is 5.56. The minimum atomic E-state index is -0.323. The highest BCUT2D eigenvalue weighted by atomic mass is 16.6. The lowest BCUT2D eigenvalue weighted by Crippen LogP contribution is -2.27. The van der Waals surface area contributed by atoms with E-state index in [0.717, 1.165) is 24.9 Å². The molecule has 0 heterocycles. The molecular formula is C17H18N2O2. The molecule has 0 bridgehead atoms. The van der Waals surface area contributed by atoms with Gasteiger partial charge in [0.2, 0.25) is 0 Å². The normalized spacial score (nSPS) is 17.1. The zero-order valence-corrected chi connectivity index (χ0v) is 12.0. The molecule has 4 nitrogen and oxygen atoms in total. The zero-order chi connectivity index (χ0) is 14.8. The van der Waals surface area contributed by atoms with Gasteiger partial charge in [-0.2, -0.15) is 0 Å². The molecule has 0 spiro atoms. The fraction of sp³-hybridized carbons (Fsp3) is 0.294. The van der Waals surface area contributed by atoms with Crippen LogP contribution in [0.1, 0.15) is 23.1 Å². The van der Waals surface area contributed by atoms with Gasteiger partial charge in [-0.05, 0) is 43.4 Å². The van der Waals surface area contributed by atoms with Crippen molar-refractivity contribution in [3.05, 3.63) is 69.3 Å². The van der Waals surface area contributed by atoms with E-state index in [-0.39, 0.29) is 10.6 Å². The predicted molar refractivity (Wildman–Crippen MR) is 83.7 cm³/mol. The van der Waals surface area contributed by atoms with Crippen LogP contribution in [-0.4, -0.2) is 11.0 Å². The molecule has 2 aromatic carbocycles. The summed E-state index contributed by atoms with van der Waals surface area (Å²) in [6, 6.07) is 14.2. The maximum atomic E-state index is 11.0. The Morgan fingerprint density at radius 2 is 1.95 bits per heavy atom. The average molecular weight is 282 g/mol. The highest BCUT2D eigenvalue weighted by Gasteiger charge is 2.19. The summed E-state index contributed by atoms with van der Waals surface area (Å²) in [4.78, 5) is 10.7. The van der Waals surface area contributed by atoms with Crippen molar-refractivity contribution < 1.29 is 4.92 Å². The van der Waals surface area contributed by atoms with E-state index in [0.29, 0.717) is 11.6 Å². The Kier molecular flexibility index (Phi) is 3.60. The molecule has 0 radical (unpaired) electrons. The summed E-state index contributed by atoms with van der Waals surface area (Å²) in [6.07, 6.45) is 3.08. The number of hydrogen-bond donors (Lipinski definition) is 1. The zero-order valence-electron chi connectivity index (χ0n) is 12.0. The second-order valence-corrected chi connectivity index (χ2v) is 5.61. The molecule has 1 N–H and O–H groups in total. The van der Waals surface area contributed by atoms with Crippen molar-refractivity contribution in [3.63, 3.8) is 0 Å². The van der Waals surface area contributed by atoms with Gasteiger partial charge in [0.15, 0.2) is 0 Å². The lowest BCUT2D eigenvalue weighted by Gasteiger charge is -2.26. The lowest BCUT2D eigenvalue weighted by molar-refractivity contribution is -0.385. The van der Waals surface area contributed by atoms with Gasteiger partial charge in [0, 0.05) is 23.4 Å². The summed E-state index contributed by atoms with van der Waals surface area (Å²) in [5.41, 5.74) is 4.50. The largest absolute Gasteiger partial charge is 0.382 e. The molecule has 0 fully saturated rings. The number of fused-ring (bicyclic) bond motifs is 1. The van der Waals surface area contributed by atoms with E-state index in [1.165, 1.54) is 11.1 Å². The van der Waals surface area contributed by atoms with Crippen molar-refractivity contribution >= 4 is 11.4 Å². The highest BCUT2D eigenvalue weighted by molar-refractivity contribution is 5.55. The summed E-state index contributed by atoms with van der Waals surface area (Å²) >= 11 is 0. The molecule has 1 atom stereocenters. The van der Waals surface area contributed by atoms with Gasteiger partial charge in [-0.25, -0.2) is 0 Å². The summed E-state index contributed by atoms with van der Waals surface area (Å²) in [5, 5.41) is 14.4. The molecule has 3 rings (SSSR count). The van der Waals surface area contributed by atoms with Gasteiger partial charge in [0.25, 0.3) is 5.69 Å². The first-order valence-corrected chi connectivity index (χ1v) is 7.22. The van der Waals surface area contributed by atoms with Crippen LogP contribution in [0, 0.1) is 17.0 Å². The van der Waals surface area contributed by atoms with Crippen LogP contribution >= 0.6 is 0 Å². The minimum absolute atomic E-state index is 0.177. The number of hydrogen-bond acceptors (Lipinski definition) is 3. The van der Waals surface area contributed by atoms with Gasteiger partial charge in [-0.3, -0.25) is 10.1 Å². The molecule has 4 heteroatoms. The molecule has 0 amide bonds. The summed E-state index contributed by atoms with van der Waals surface area (Å²) in [5.74, 6) is 0. The number of nitro benzene ring substituents is 1. The van der Waals surface area contributed by atoms with Crippen LogP contribution < -0.4 is 5.32 Å². The molecule has 2 aromatic rings. The number of nitro groups is 1. The summed E-state index contributed by atoms with van der Waals surface area (Å²) < 4.78 is 0. The Balaban J connectivity index is 1.76. The molecule has 21 heavy (non-hydrogen) atoms. The van der Waals surface area contributed by atoms with Crippen molar-refractivity contribution in [2.24, 2.45) is 0 Å². The molecule has 0 aromatic heterocycles. The number of nitrogens with zero attached hydrogens (tertiary/aromatic N) is 1. The van der Waals surface area contributed by atoms with Gasteiger partial charge >= 0.3 is 0 Å². The fourth-order valence-electron chi connectivity index (χ4n) is 2.95. The van der Waals surface area contributed by atoms with Crippen LogP contribution in [0.5, 0.6) is 0 Å². The predicted octanol–water partition coefficient (Wildman–Crippen LogP) is 3.87. The smallest absolute Gasteiger partial charge is 0.274 e. The van der Waals surface area contributed by atoms with Gasteiger partial charge in [0.1, 0.15) is 0 Å². The Morgan fingerprint density at radius 1 is 1.19 bits per heavy atom. The van der Waals surface area contributed by atoms with Crippen molar-refractivity contribution in [1.29, 1.82) is 0 Å². The molecule has 0 saturated carbocycles. The quantitative estimate of drug-likeness (QED) is 0.686. The Morgan fingerprint density at radius 3 is 2.71 bits per heavy atom. The molecule has 0 aliphatic heterocycles. The Bertz CT molecular complexity index is 682. The number of aryl methyl sites for hydroxylation is 2. The number of nitrogens with one attached hydrogen (secondary N) is 1. The summed E-state index contributed by atoms with van der Waals surface area (Å²) in [7, 11) is 0. The van der Waals surface area contributed by atoms with Crippen LogP contribution in [0.4, 0.5) is 11.4 Å². The van der Waals surface area contributed by atoms with E-state index >= 15 is 0 Å². The second-order valence-electron chi connectivity index (χ2n) is 5.61. The fourth-order valence-corrected chi connectivity index (χ4v) is 2.95. The van der Waals surface area contributed by atoms with Crippen LogP contribution in [-0.2, 0) is 12.8 Å². The highest BCUT2D eigenvalue weighted by Crippen LogP contribution is 2.26. The molecule has 1 aliphatic rings. The van der Waals surface area contributed by atoms with Crippen molar-refractivity contribution in [2.75, 3.05) is 5.32 Å². The molecule has 108 valence electrons. The van der Waals surface area contributed by atoms with E-state index in [1.807, 2.05) is 6.07 Å². The molecule has 1 unspecified atom stereocenters. The van der Waals surface area contributed by atoms with Gasteiger partial charge in [0.05, 0.1) is 4.92 Å². The standard InChI is InChI=1S/C17H18N2O2/c1-12-6-8-16(11-17(12)19(20)21)18-15-9-7-13-4-2-3-5-14(13)10-15/h2-6,8,11,15,18H,7,9-10H2,1H3. The maximum Gasteiger partial charge on any atom is 0.274 e. The first-order valence-electron chi connectivity index (χ1n) is 7.22. The van der Waals surface area contributed by atoms with Gasteiger partial charge in [-0.1, -0.05) is 30.3 Å². The summed E-state index contributed by atoms with van der Waals surface area (Å²) in [6.45, 7) is 1.76. The first-order chi connectivity index (χ1) is 10.1. The monoisotopic (exact) mass is 282 g/mol. The maximum absolute atomic E-state index is 11.0. The van der Waals surface area contributed by atoms with Gasteiger partial charge < -0.3 is 5.32 Å². The molecular weight excluding hydrogens is 264 g/mol.